The average Bonchev–Trinajstić information content (AvgIpc) is 2.48. The third-order valence-electron chi connectivity index (χ3n) is 3.78. The van der Waals surface area contributed by atoms with Gasteiger partial charge < -0.3 is 0 Å². The first-order valence-corrected chi connectivity index (χ1v) is 5.50. The Hall–Kier alpha value is 0. The van der Waals surface area contributed by atoms with Crippen LogP contribution < -0.4 is 0 Å². The largest absolute Gasteiger partial charge is 0.0651 e. The van der Waals surface area contributed by atoms with E-state index in [1.807, 2.05) is 0 Å². The second-order valence-electron chi connectivity index (χ2n) is 5.41. The quantitative estimate of drug-likeness (QED) is 0.592. The van der Waals surface area contributed by atoms with Gasteiger partial charge in [-0.25, -0.2) is 0 Å². The van der Waals surface area contributed by atoms with Crippen LogP contribution in [0.15, 0.2) is 0 Å². The van der Waals surface area contributed by atoms with Gasteiger partial charge in [-0.15, -0.1) is 0 Å². The molecule has 0 aromatic rings. The van der Waals surface area contributed by atoms with Gasteiger partial charge in [-0.3, -0.25) is 0 Å². The maximum atomic E-state index is 2.44. The van der Waals surface area contributed by atoms with Crippen molar-refractivity contribution >= 4 is 0 Å². The summed E-state index contributed by atoms with van der Waals surface area (Å²) in [4.78, 5) is 0. The van der Waals surface area contributed by atoms with Crippen LogP contribution >= 0.6 is 0 Å². The first kappa shape index (κ1) is 10.1. The van der Waals surface area contributed by atoms with Crippen molar-refractivity contribution in [3.05, 3.63) is 0 Å². The van der Waals surface area contributed by atoms with Crippen molar-refractivity contribution in [2.24, 2.45) is 23.2 Å². The standard InChI is InChI=1S/C12H24/c1-6-10-11(12(10,4)5)8-7-9(2)3/h9-11H,6-8H2,1-5H3/t10-,11+/m0/s1. The van der Waals surface area contributed by atoms with E-state index in [9.17, 15) is 0 Å². The molecule has 1 aliphatic rings. The molecule has 0 heterocycles. The Morgan fingerprint density at radius 2 is 1.75 bits per heavy atom. The second-order valence-corrected chi connectivity index (χ2v) is 5.41. The van der Waals surface area contributed by atoms with Crippen LogP contribution in [0, 0.1) is 23.2 Å². The van der Waals surface area contributed by atoms with Crippen molar-refractivity contribution in [1.82, 2.24) is 0 Å². The van der Waals surface area contributed by atoms with Crippen LogP contribution in [0.1, 0.15) is 53.9 Å². The highest BCUT2D eigenvalue weighted by molar-refractivity contribution is 5.03. The summed E-state index contributed by atoms with van der Waals surface area (Å²) in [5, 5.41) is 0. The molecule has 0 heteroatoms. The lowest BCUT2D eigenvalue weighted by Gasteiger charge is -2.04. The highest BCUT2D eigenvalue weighted by Gasteiger charge is 2.55. The molecule has 0 bridgehead atoms. The zero-order chi connectivity index (χ0) is 9.35. The lowest BCUT2D eigenvalue weighted by atomic mass is 10.0. The van der Waals surface area contributed by atoms with Gasteiger partial charge in [0.05, 0.1) is 0 Å². The van der Waals surface area contributed by atoms with Gasteiger partial charge in [0.15, 0.2) is 0 Å². The first-order chi connectivity index (χ1) is 5.50. The van der Waals surface area contributed by atoms with Gasteiger partial charge in [-0.1, -0.05) is 47.5 Å². The molecule has 0 saturated heterocycles. The smallest absolute Gasteiger partial charge is 0.0292 e. The summed E-state index contributed by atoms with van der Waals surface area (Å²) in [6.07, 6.45) is 4.27. The van der Waals surface area contributed by atoms with Crippen LogP contribution in [0.25, 0.3) is 0 Å². The molecule has 1 rings (SSSR count). The Morgan fingerprint density at radius 3 is 2.08 bits per heavy atom. The van der Waals surface area contributed by atoms with Crippen molar-refractivity contribution < 1.29 is 0 Å². The molecule has 0 aliphatic heterocycles. The molecule has 12 heavy (non-hydrogen) atoms. The summed E-state index contributed by atoms with van der Waals surface area (Å²) in [6.45, 7) is 11.9. The summed E-state index contributed by atoms with van der Waals surface area (Å²) in [6, 6.07) is 0. The maximum absolute atomic E-state index is 2.44. The van der Waals surface area contributed by atoms with Crippen LogP contribution in [-0.2, 0) is 0 Å². The SMILES string of the molecule is CC[C@H]1[C@@H](CCC(C)C)C1(C)C. The van der Waals surface area contributed by atoms with E-state index in [2.05, 4.69) is 34.6 Å². The third-order valence-corrected chi connectivity index (χ3v) is 3.78. The van der Waals surface area contributed by atoms with Crippen molar-refractivity contribution in [1.29, 1.82) is 0 Å². The Labute approximate surface area is 77.7 Å². The molecule has 1 aliphatic carbocycles. The first-order valence-electron chi connectivity index (χ1n) is 5.50. The van der Waals surface area contributed by atoms with E-state index in [1.165, 1.54) is 19.3 Å². The number of hydrogen-bond donors (Lipinski definition) is 0. The molecule has 0 radical (unpaired) electrons. The molecule has 0 unspecified atom stereocenters. The Kier molecular flexibility index (Phi) is 2.85. The fourth-order valence-electron chi connectivity index (χ4n) is 2.75. The summed E-state index contributed by atoms with van der Waals surface area (Å²) in [5.74, 6) is 2.94. The van der Waals surface area contributed by atoms with Gasteiger partial charge in [-0.2, -0.15) is 0 Å². The minimum absolute atomic E-state index is 0.670. The molecule has 0 amide bonds. The molecule has 0 nitrogen and oxygen atoms in total. The molecule has 1 fully saturated rings. The highest BCUT2D eigenvalue weighted by atomic mass is 14.6. The van der Waals surface area contributed by atoms with Gasteiger partial charge in [0.1, 0.15) is 0 Å². The van der Waals surface area contributed by atoms with E-state index in [0.717, 1.165) is 17.8 Å². The van der Waals surface area contributed by atoms with Gasteiger partial charge in [-0.05, 0) is 29.6 Å². The molecule has 0 N–H and O–H groups in total. The van der Waals surface area contributed by atoms with Gasteiger partial charge >= 0.3 is 0 Å². The number of hydrogen-bond acceptors (Lipinski definition) is 0. The number of rotatable bonds is 4. The summed E-state index contributed by atoms with van der Waals surface area (Å²) >= 11 is 0. The van der Waals surface area contributed by atoms with Crippen molar-refractivity contribution in [3.63, 3.8) is 0 Å². The van der Waals surface area contributed by atoms with Gasteiger partial charge in [0.2, 0.25) is 0 Å². The highest BCUT2D eigenvalue weighted by Crippen LogP contribution is 2.62. The average molecular weight is 168 g/mol. The molecular weight excluding hydrogens is 144 g/mol. The summed E-state index contributed by atoms with van der Waals surface area (Å²) in [5.41, 5.74) is 0.670. The second kappa shape index (κ2) is 3.40. The fraction of sp³-hybridized carbons (Fsp3) is 1.00. The zero-order valence-electron chi connectivity index (χ0n) is 9.35. The van der Waals surface area contributed by atoms with Crippen molar-refractivity contribution in [2.45, 2.75) is 53.9 Å². The van der Waals surface area contributed by atoms with E-state index in [1.54, 1.807) is 0 Å². The Bertz CT molecular complexity index is 144. The summed E-state index contributed by atoms with van der Waals surface area (Å²) < 4.78 is 0. The fourth-order valence-corrected chi connectivity index (χ4v) is 2.75. The molecular formula is C12H24. The van der Waals surface area contributed by atoms with Gasteiger partial charge in [0, 0.05) is 0 Å². The van der Waals surface area contributed by atoms with Gasteiger partial charge in [0.25, 0.3) is 0 Å². The predicted octanol–water partition coefficient (Wildman–Crippen LogP) is 4.10. The van der Waals surface area contributed by atoms with E-state index < -0.39 is 0 Å². The molecule has 0 spiro atoms. The minimum Gasteiger partial charge on any atom is -0.0651 e. The van der Waals surface area contributed by atoms with E-state index in [-0.39, 0.29) is 0 Å². The molecule has 72 valence electrons. The van der Waals surface area contributed by atoms with Crippen molar-refractivity contribution in [2.75, 3.05) is 0 Å². The Balaban J connectivity index is 2.28. The van der Waals surface area contributed by atoms with Crippen LogP contribution in [0.5, 0.6) is 0 Å². The van der Waals surface area contributed by atoms with Crippen LogP contribution in [-0.4, -0.2) is 0 Å². The lowest BCUT2D eigenvalue weighted by molar-refractivity contribution is 0.468. The van der Waals surface area contributed by atoms with Crippen LogP contribution in [0.4, 0.5) is 0 Å². The normalized spacial score (nSPS) is 32.5. The molecule has 0 aromatic heterocycles. The zero-order valence-corrected chi connectivity index (χ0v) is 9.35. The monoisotopic (exact) mass is 168 g/mol. The van der Waals surface area contributed by atoms with Crippen molar-refractivity contribution in [3.8, 4) is 0 Å². The van der Waals surface area contributed by atoms with E-state index in [0.29, 0.717) is 5.41 Å². The predicted molar refractivity (Wildman–Crippen MR) is 55.1 cm³/mol. The Morgan fingerprint density at radius 1 is 1.17 bits per heavy atom. The molecule has 1 saturated carbocycles. The van der Waals surface area contributed by atoms with E-state index >= 15 is 0 Å². The third kappa shape index (κ3) is 1.84. The van der Waals surface area contributed by atoms with Crippen LogP contribution in [0.2, 0.25) is 0 Å². The van der Waals surface area contributed by atoms with Crippen LogP contribution in [0.3, 0.4) is 0 Å². The topological polar surface area (TPSA) is 0 Å². The maximum Gasteiger partial charge on any atom is -0.0292 e. The van der Waals surface area contributed by atoms with E-state index in [4.69, 9.17) is 0 Å². The molecule has 0 aromatic carbocycles. The molecule has 2 atom stereocenters. The lowest BCUT2D eigenvalue weighted by Crippen LogP contribution is -1.93. The summed E-state index contributed by atoms with van der Waals surface area (Å²) in [7, 11) is 0. The minimum atomic E-state index is 0.670.